The van der Waals surface area contributed by atoms with Gasteiger partial charge in [-0.2, -0.15) is 5.26 Å². The van der Waals surface area contributed by atoms with Crippen molar-refractivity contribution in [3.8, 4) is 6.07 Å². The van der Waals surface area contributed by atoms with Crippen molar-refractivity contribution in [1.29, 1.82) is 5.26 Å². The van der Waals surface area contributed by atoms with Crippen molar-refractivity contribution >= 4 is 0 Å². The lowest BCUT2D eigenvalue weighted by molar-refractivity contribution is -0.187. The fourth-order valence-corrected chi connectivity index (χ4v) is 3.82. The van der Waals surface area contributed by atoms with Crippen molar-refractivity contribution in [1.82, 2.24) is 10.2 Å². The van der Waals surface area contributed by atoms with Gasteiger partial charge >= 0.3 is 0 Å². The number of morpholine rings is 1. The van der Waals surface area contributed by atoms with Crippen LogP contribution >= 0.6 is 0 Å². The molecule has 2 rings (SSSR count). The number of rotatable bonds is 2. The van der Waals surface area contributed by atoms with Gasteiger partial charge in [-0.3, -0.25) is 4.90 Å². The first kappa shape index (κ1) is 14.8. The average Bonchev–Trinajstić information content (AvgIpc) is 2.70. The molecule has 1 aliphatic carbocycles. The zero-order valence-corrected chi connectivity index (χ0v) is 12.9. The van der Waals surface area contributed by atoms with Crippen molar-refractivity contribution in [3.05, 3.63) is 0 Å². The molecule has 1 aliphatic heterocycles. The minimum atomic E-state index is -0.322. The number of nitrogens with zero attached hydrogens (tertiary/aromatic N) is 2. The molecule has 0 bridgehead atoms. The second-order valence-corrected chi connectivity index (χ2v) is 7.37. The van der Waals surface area contributed by atoms with Crippen molar-refractivity contribution < 1.29 is 4.74 Å². The Morgan fingerprint density at radius 1 is 1.21 bits per heavy atom. The van der Waals surface area contributed by atoms with Gasteiger partial charge < -0.3 is 10.1 Å². The van der Waals surface area contributed by atoms with Gasteiger partial charge in [0.1, 0.15) is 5.54 Å². The van der Waals surface area contributed by atoms with Crippen LogP contribution in [0.2, 0.25) is 0 Å². The fourth-order valence-electron chi connectivity index (χ4n) is 3.82. The Morgan fingerprint density at radius 3 is 2.21 bits per heavy atom. The molecule has 1 saturated carbocycles. The summed E-state index contributed by atoms with van der Waals surface area (Å²) in [5.41, 5.74) is -0.546. The maximum absolute atomic E-state index is 9.38. The zero-order valence-electron chi connectivity index (χ0n) is 12.9. The summed E-state index contributed by atoms with van der Waals surface area (Å²) in [6.07, 6.45) is 2.97. The Bertz CT molecular complexity index is 369. The van der Waals surface area contributed by atoms with Gasteiger partial charge in [0.25, 0.3) is 0 Å². The number of ether oxygens (including phenoxy) is 1. The molecule has 2 fully saturated rings. The highest BCUT2D eigenvalue weighted by molar-refractivity contribution is 5.13. The number of nitrogens with one attached hydrogen (secondary N) is 1. The van der Waals surface area contributed by atoms with Crippen molar-refractivity contribution in [2.75, 3.05) is 20.1 Å². The van der Waals surface area contributed by atoms with Gasteiger partial charge in [0.05, 0.1) is 17.3 Å². The van der Waals surface area contributed by atoms with E-state index in [1.54, 1.807) is 0 Å². The lowest BCUT2D eigenvalue weighted by Crippen LogP contribution is -2.59. The molecule has 108 valence electrons. The van der Waals surface area contributed by atoms with E-state index in [-0.39, 0.29) is 16.7 Å². The number of hydrogen-bond donors (Lipinski definition) is 1. The van der Waals surface area contributed by atoms with Gasteiger partial charge in [0.15, 0.2) is 0 Å². The van der Waals surface area contributed by atoms with Crippen LogP contribution in [0.5, 0.6) is 0 Å². The minimum Gasteiger partial charge on any atom is -0.367 e. The van der Waals surface area contributed by atoms with Crippen LogP contribution in [0.25, 0.3) is 0 Å². The largest absolute Gasteiger partial charge is 0.367 e. The molecule has 19 heavy (non-hydrogen) atoms. The van der Waals surface area contributed by atoms with E-state index in [4.69, 9.17) is 4.74 Å². The molecule has 0 spiro atoms. The van der Waals surface area contributed by atoms with E-state index in [2.05, 4.69) is 44.0 Å². The third-order valence-corrected chi connectivity index (χ3v) is 4.42. The quantitative estimate of drug-likeness (QED) is 0.828. The Balaban J connectivity index is 2.09. The molecule has 2 aliphatic rings. The molecule has 4 heteroatoms. The standard InChI is InChI=1S/C15H27N3O/c1-13(2)10-18(11-14(3,4)19-13)12-6-7-15(8-12,9-16)17-5/h12,17H,6-8,10-11H2,1-5H3. The van der Waals surface area contributed by atoms with Crippen LogP contribution in [0, 0.1) is 11.3 Å². The molecule has 0 amide bonds. The van der Waals surface area contributed by atoms with Crippen LogP contribution in [-0.4, -0.2) is 47.8 Å². The molecule has 0 radical (unpaired) electrons. The van der Waals surface area contributed by atoms with Crippen LogP contribution in [0.1, 0.15) is 47.0 Å². The Hall–Kier alpha value is -0.630. The van der Waals surface area contributed by atoms with E-state index in [1.165, 1.54) is 0 Å². The van der Waals surface area contributed by atoms with Gasteiger partial charge in [-0.25, -0.2) is 0 Å². The Labute approximate surface area is 117 Å². The van der Waals surface area contributed by atoms with Crippen LogP contribution in [-0.2, 0) is 4.74 Å². The van der Waals surface area contributed by atoms with Crippen LogP contribution < -0.4 is 5.32 Å². The average molecular weight is 265 g/mol. The lowest BCUT2D eigenvalue weighted by Gasteiger charge is -2.49. The summed E-state index contributed by atoms with van der Waals surface area (Å²) >= 11 is 0. The van der Waals surface area contributed by atoms with Crippen molar-refractivity contribution in [2.24, 2.45) is 0 Å². The van der Waals surface area contributed by atoms with Gasteiger partial charge in [-0.15, -0.1) is 0 Å². The van der Waals surface area contributed by atoms with E-state index in [0.29, 0.717) is 6.04 Å². The molecular formula is C15H27N3O. The molecule has 1 heterocycles. The molecule has 4 nitrogen and oxygen atoms in total. The van der Waals surface area contributed by atoms with E-state index in [1.807, 2.05) is 7.05 Å². The normalized spacial score (nSPS) is 38.0. The summed E-state index contributed by atoms with van der Waals surface area (Å²) < 4.78 is 6.13. The molecule has 1 saturated heterocycles. The van der Waals surface area contributed by atoms with E-state index in [9.17, 15) is 5.26 Å². The van der Waals surface area contributed by atoms with Gasteiger partial charge in [-0.05, 0) is 54.0 Å². The summed E-state index contributed by atoms with van der Waals surface area (Å²) in [6, 6.07) is 2.96. The van der Waals surface area contributed by atoms with Gasteiger partial charge in [-0.1, -0.05) is 0 Å². The fraction of sp³-hybridized carbons (Fsp3) is 0.933. The van der Waals surface area contributed by atoms with Gasteiger partial charge in [0.2, 0.25) is 0 Å². The third-order valence-electron chi connectivity index (χ3n) is 4.42. The summed E-state index contributed by atoms with van der Waals surface area (Å²) in [5.74, 6) is 0. The maximum atomic E-state index is 9.38. The monoisotopic (exact) mass is 265 g/mol. The predicted molar refractivity (Wildman–Crippen MR) is 75.9 cm³/mol. The first-order valence-electron chi connectivity index (χ1n) is 7.25. The topological polar surface area (TPSA) is 48.3 Å². The molecular weight excluding hydrogens is 238 g/mol. The highest BCUT2D eigenvalue weighted by Crippen LogP contribution is 2.37. The first-order valence-corrected chi connectivity index (χ1v) is 7.25. The molecule has 2 unspecified atom stereocenters. The van der Waals surface area contributed by atoms with Crippen LogP contribution in [0.4, 0.5) is 0 Å². The Kier molecular flexibility index (Phi) is 3.68. The third kappa shape index (κ3) is 3.10. The number of nitriles is 1. The molecule has 0 aromatic heterocycles. The molecule has 1 N–H and O–H groups in total. The maximum Gasteiger partial charge on any atom is 0.108 e. The number of hydrogen-bond acceptors (Lipinski definition) is 4. The van der Waals surface area contributed by atoms with Gasteiger partial charge in [0, 0.05) is 19.1 Å². The molecule has 2 atom stereocenters. The highest BCUT2D eigenvalue weighted by Gasteiger charge is 2.46. The second-order valence-electron chi connectivity index (χ2n) is 7.37. The minimum absolute atomic E-state index is 0.112. The van der Waals surface area contributed by atoms with E-state index >= 15 is 0 Å². The van der Waals surface area contributed by atoms with Crippen LogP contribution in [0.15, 0.2) is 0 Å². The first-order chi connectivity index (χ1) is 8.71. The SMILES string of the molecule is CNC1(C#N)CCC(N2CC(C)(C)OC(C)(C)C2)C1. The summed E-state index contributed by atoms with van der Waals surface area (Å²) in [4.78, 5) is 2.53. The summed E-state index contributed by atoms with van der Waals surface area (Å²) in [6.45, 7) is 10.5. The summed E-state index contributed by atoms with van der Waals surface area (Å²) in [5, 5.41) is 12.6. The smallest absolute Gasteiger partial charge is 0.108 e. The predicted octanol–water partition coefficient (Wildman–Crippen LogP) is 1.91. The van der Waals surface area contributed by atoms with E-state index < -0.39 is 0 Å². The van der Waals surface area contributed by atoms with Crippen molar-refractivity contribution in [3.63, 3.8) is 0 Å². The molecule has 0 aromatic rings. The lowest BCUT2D eigenvalue weighted by atomic mass is 9.95. The van der Waals surface area contributed by atoms with Crippen molar-refractivity contribution in [2.45, 2.75) is 69.7 Å². The molecule has 0 aromatic carbocycles. The summed E-state index contributed by atoms with van der Waals surface area (Å²) in [7, 11) is 1.90. The second kappa shape index (κ2) is 4.73. The Morgan fingerprint density at radius 2 is 1.79 bits per heavy atom. The highest BCUT2D eigenvalue weighted by atomic mass is 16.5. The van der Waals surface area contributed by atoms with E-state index in [0.717, 1.165) is 32.4 Å². The zero-order chi connectivity index (χ0) is 14.3. The van der Waals surface area contributed by atoms with Crippen LogP contribution in [0.3, 0.4) is 0 Å².